The van der Waals surface area contributed by atoms with Crippen molar-refractivity contribution in [2.45, 2.75) is 45.2 Å². The van der Waals surface area contributed by atoms with Crippen molar-refractivity contribution in [2.24, 2.45) is 0 Å². The van der Waals surface area contributed by atoms with E-state index in [0.29, 0.717) is 23.2 Å². The second-order valence-electron chi connectivity index (χ2n) is 8.47. The molecule has 0 aromatic heterocycles. The van der Waals surface area contributed by atoms with Gasteiger partial charge in [-0.1, -0.05) is 38.1 Å². The molecule has 0 fully saturated rings. The summed E-state index contributed by atoms with van der Waals surface area (Å²) in [6, 6.07) is 16.0. The summed E-state index contributed by atoms with van der Waals surface area (Å²) in [4.78, 5) is 31.0. The number of aryl methyl sites for hydroxylation is 1. The zero-order valence-electron chi connectivity index (χ0n) is 20.3. The Morgan fingerprint density at radius 1 is 0.917 bits per heavy atom. The molecule has 3 aromatic carbocycles. The van der Waals surface area contributed by atoms with E-state index in [-0.39, 0.29) is 30.1 Å². The zero-order valence-corrected chi connectivity index (χ0v) is 20.3. The van der Waals surface area contributed by atoms with Gasteiger partial charge in [-0.05, 0) is 73.4 Å². The van der Waals surface area contributed by atoms with Crippen molar-refractivity contribution in [3.63, 3.8) is 0 Å². The van der Waals surface area contributed by atoms with Crippen molar-refractivity contribution < 1.29 is 27.9 Å². The van der Waals surface area contributed by atoms with Gasteiger partial charge in [-0.15, -0.1) is 0 Å². The molecule has 2 aliphatic rings. The molecule has 2 amide bonds. The van der Waals surface area contributed by atoms with Crippen LogP contribution in [0.5, 0.6) is 5.75 Å². The molecule has 1 heterocycles. The molecule has 0 saturated carbocycles. The van der Waals surface area contributed by atoms with Crippen LogP contribution in [0.2, 0.25) is 0 Å². The number of para-hydroxylation sites is 1. The Kier molecular flexibility index (Phi) is 6.56. The van der Waals surface area contributed by atoms with Crippen LogP contribution in [0.1, 0.15) is 43.9 Å². The first-order valence-corrected chi connectivity index (χ1v) is 11.9. The van der Waals surface area contributed by atoms with Crippen LogP contribution in [-0.4, -0.2) is 23.5 Å². The number of phenolic OH excluding ortho intramolecular Hbond substituents is 1. The first-order chi connectivity index (χ1) is 17.2. The van der Waals surface area contributed by atoms with Gasteiger partial charge >= 0.3 is 6.18 Å². The lowest BCUT2D eigenvalue weighted by Gasteiger charge is -2.32. The number of hydrogen-bond acceptors (Lipinski definition) is 3. The lowest BCUT2D eigenvalue weighted by molar-refractivity contribution is -0.138. The van der Waals surface area contributed by atoms with E-state index >= 15 is 0 Å². The highest BCUT2D eigenvalue weighted by molar-refractivity contribution is 6.27. The molecule has 1 atom stereocenters. The number of aromatic hydroxyl groups is 1. The summed E-state index contributed by atoms with van der Waals surface area (Å²) < 4.78 is 41.0. The van der Waals surface area contributed by atoms with Gasteiger partial charge in [0.2, 0.25) is 5.91 Å². The molecule has 1 aliphatic heterocycles. The van der Waals surface area contributed by atoms with E-state index in [0.717, 1.165) is 12.1 Å². The summed E-state index contributed by atoms with van der Waals surface area (Å²) >= 11 is 0. The third kappa shape index (κ3) is 3.81. The summed E-state index contributed by atoms with van der Waals surface area (Å²) in [5, 5.41) is 9.95. The number of phenols is 1. The third-order valence-electron chi connectivity index (χ3n) is 6.66. The van der Waals surface area contributed by atoms with Crippen molar-refractivity contribution in [3.05, 3.63) is 83.4 Å². The molecule has 5 nitrogen and oxygen atoms in total. The van der Waals surface area contributed by atoms with E-state index in [2.05, 4.69) is 0 Å². The van der Waals surface area contributed by atoms with E-state index < -0.39 is 29.0 Å². The molecule has 1 spiro atoms. The van der Waals surface area contributed by atoms with Crippen molar-refractivity contribution in [2.75, 3.05) is 16.3 Å². The first-order valence-electron chi connectivity index (χ1n) is 11.9. The second kappa shape index (κ2) is 9.33. The fourth-order valence-electron chi connectivity index (χ4n) is 5.09. The van der Waals surface area contributed by atoms with Crippen LogP contribution in [0.3, 0.4) is 0 Å². The molecule has 5 rings (SSSR count). The number of anilines is 3. The summed E-state index contributed by atoms with van der Waals surface area (Å²) in [5.41, 5.74) is -0.767. The van der Waals surface area contributed by atoms with E-state index in [1.54, 1.807) is 43.3 Å². The number of likely N-dealkylation sites (N-methyl/N-ethyl adjacent to an activating group) is 1. The minimum atomic E-state index is -4.62. The summed E-state index contributed by atoms with van der Waals surface area (Å²) in [6.45, 7) is 5.89. The Morgan fingerprint density at radius 2 is 1.61 bits per heavy atom. The highest BCUT2D eigenvalue weighted by Gasteiger charge is 2.57. The average Bonchev–Trinajstić information content (AvgIpc) is 3.22. The van der Waals surface area contributed by atoms with Gasteiger partial charge in [-0.2, -0.15) is 13.2 Å². The second-order valence-corrected chi connectivity index (χ2v) is 8.47. The summed E-state index contributed by atoms with van der Waals surface area (Å²) in [5.74, 6) is -1.07. The number of alkyl halides is 3. The fourth-order valence-corrected chi connectivity index (χ4v) is 5.09. The van der Waals surface area contributed by atoms with Crippen LogP contribution >= 0.6 is 0 Å². The molecule has 188 valence electrons. The standard InChI is InChI=1S/C26H21F3N2O3.C2H6/c1-2-30-21-11-8-17(26(27,28)29)15-22(21)31(18-6-4-3-5-7-18)24(34)25(23(30)33)13-12-16-14-19(32)9-10-20(16)25;1-2/h3-11,14-15,32H,2,12-13H2,1H3;1-2H3. The molecule has 36 heavy (non-hydrogen) atoms. The Morgan fingerprint density at radius 3 is 2.25 bits per heavy atom. The number of fused-ring (bicyclic) bond motifs is 3. The Bertz CT molecular complexity index is 1310. The lowest BCUT2D eigenvalue weighted by Crippen LogP contribution is -2.53. The molecular weight excluding hydrogens is 469 g/mol. The van der Waals surface area contributed by atoms with E-state index in [1.165, 1.54) is 28.0 Å². The Labute approximate surface area is 207 Å². The van der Waals surface area contributed by atoms with Crippen LogP contribution in [0.15, 0.2) is 66.7 Å². The van der Waals surface area contributed by atoms with E-state index in [4.69, 9.17) is 0 Å². The maximum atomic E-state index is 14.3. The number of rotatable bonds is 2. The molecule has 8 heteroatoms. The predicted molar refractivity (Wildman–Crippen MR) is 133 cm³/mol. The predicted octanol–water partition coefficient (Wildman–Crippen LogP) is 6.35. The number of carbonyl (C=O) groups is 2. The minimum absolute atomic E-state index is 0.00493. The fraction of sp³-hybridized carbons (Fsp3) is 0.286. The van der Waals surface area contributed by atoms with Crippen molar-refractivity contribution in [3.8, 4) is 5.75 Å². The number of carbonyl (C=O) groups excluding carboxylic acids is 2. The van der Waals surface area contributed by atoms with Crippen molar-refractivity contribution in [1.82, 2.24) is 0 Å². The molecule has 1 unspecified atom stereocenters. The van der Waals surface area contributed by atoms with Crippen LogP contribution < -0.4 is 9.80 Å². The molecule has 0 radical (unpaired) electrons. The van der Waals surface area contributed by atoms with Crippen molar-refractivity contribution >= 4 is 28.9 Å². The van der Waals surface area contributed by atoms with Crippen LogP contribution in [0.25, 0.3) is 0 Å². The van der Waals surface area contributed by atoms with Crippen LogP contribution in [0, 0.1) is 0 Å². The average molecular weight is 497 g/mol. The van der Waals surface area contributed by atoms with Gasteiger partial charge in [-0.3, -0.25) is 14.5 Å². The number of halogens is 3. The molecule has 0 saturated heterocycles. The third-order valence-corrected chi connectivity index (χ3v) is 6.66. The Balaban J connectivity index is 0.00000148. The number of hydrogen-bond donors (Lipinski definition) is 1. The molecular formula is C28H27F3N2O3. The molecule has 0 bridgehead atoms. The topological polar surface area (TPSA) is 60.9 Å². The lowest BCUT2D eigenvalue weighted by atomic mass is 9.78. The van der Waals surface area contributed by atoms with E-state index in [1.807, 2.05) is 13.8 Å². The van der Waals surface area contributed by atoms with Crippen LogP contribution in [0.4, 0.5) is 30.2 Å². The maximum Gasteiger partial charge on any atom is 0.416 e. The normalized spacial score (nSPS) is 18.9. The quantitative estimate of drug-likeness (QED) is 0.421. The largest absolute Gasteiger partial charge is 0.508 e. The first kappa shape index (κ1) is 25.3. The van der Waals surface area contributed by atoms with Crippen LogP contribution in [-0.2, 0) is 27.6 Å². The van der Waals surface area contributed by atoms with Gasteiger partial charge in [0.15, 0.2) is 5.41 Å². The highest BCUT2D eigenvalue weighted by Crippen LogP contribution is 2.50. The zero-order chi connectivity index (χ0) is 26.3. The van der Waals surface area contributed by atoms with Crippen molar-refractivity contribution in [1.29, 1.82) is 0 Å². The van der Waals surface area contributed by atoms with Gasteiger partial charge in [0.05, 0.1) is 16.9 Å². The minimum Gasteiger partial charge on any atom is -0.508 e. The van der Waals surface area contributed by atoms with Gasteiger partial charge < -0.3 is 10.0 Å². The number of amides is 2. The monoisotopic (exact) mass is 496 g/mol. The number of benzene rings is 3. The molecule has 1 aliphatic carbocycles. The maximum absolute atomic E-state index is 14.3. The molecule has 3 aromatic rings. The van der Waals surface area contributed by atoms with Gasteiger partial charge in [0.1, 0.15) is 5.75 Å². The Hall–Kier alpha value is -3.81. The highest BCUT2D eigenvalue weighted by atomic mass is 19.4. The summed E-state index contributed by atoms with van der Waals surface area (Å²) in [7, 11) is 0. The van der Waals surface area contributed by atoms with Gasteiger partial charge in [-0.25, -0.2) is 0 Å². The smallest absolute Gasteiger partial charge is 0.416 e. The van der Waals surface area contributed by atoms with Gasteiger partial charge in [0, 0.05) is 12.2 Å². The summed E-state index contributed by atoms with van der Waals surface area (Å²) in [6.07, 6.45) is -4.09. The molecule has 1 N–H and O–H groups in total. The SMILES string of the molecule is CC.CCN1C(=O)C2(CCc3cc(O)ccc32)C(=O)N(c2ccccc2)c2cc(C(F)(F)F)ccc21. The number of nitrogens with zero attached hydrogens (tertiary/aromatic N) is 2. The van der Waals surface area contributed by atoms with Gasteiger partial charge in [0.25, 0.3) is 5.91 Å². The van der Waals surface area contributed by atoms with E-state index in [9.17, 15) is 27.9 Å².